The monoisotopic (exact) mass is 270 g/mol. The molecule has 88 valence electrons. The summed E-state index contributed by atoms with van der Waals surface area (Å²) in [5, 5.41) is 13.5. The van der Waals surface area contributed by atoms with E-state index < -0.39 is 5.97 Å². The maximum atomic E-state index is 10.8. The molecule has 0 radical (unpaired) electrons. The van der Waals surface area contributed by atoms with Crippen molar-refractivity contribution >= 4 is 29.2 Å². The quantitative estimate of drug-likeness (QED) is 0.933. The zero-order valence-corrected chi connectivity index (χ0v) is 10.1. The maximum absolute atomic E-state index is 10.8. The Labute approximate surface area is 107 Å². The summed E-state index contributed by atoms with van der Waals surface area (Å²) in [6.07, 6.45) is 1.24. The number of hydrogen-bond acceptors (Lipinski definition) is 2. The van der Waals surface area contributed by atoms with E-state index >= 15 is 0 Å². The Hall–Kier alpha value is -1.52. The molecule has 0 bridgehead atoms. The number of rotatable bonds is 3. The highest BCUT2D eigenvalue weighted by Gasteiger charge is 2.14. The number of nitrogens with zero attached hydrogens (tertiary/aromatic N) is 2. The van der Waals surface area contributed by atoms with Gasteiger partial charge in [0, 0.05) is 5.02 Å². The second-order valence-electron chi connectivity index (χ2n) is 3.44. The molecule has 0 atom stereocenters. The molecule has 1 aromatic heterocycles. The highest BCUT2D eigenvalue weighted by Crippen LogP contribution is 2.17. The van der Waals surface area contributed by atoms with Crippen LogP contribution in [0.1, 0.15) is 15.9 Å². The molecule has 0 fully saturated rings. The average Bonchev–Trinajstić information content (AvgIpc) is 2.64. The van der Waals surface area contributed by atoms with E-state index in [1.54, 1.807) is 12.1 Å². The Balaban J connectivity index is 2.24. The minimum Gasteiger partial charge on any atom is -0.478 e. The fourth-order valence-corrected chi connectivity index (χ4v) is 1.75. The molecule has 0 amide bonds. The number of carboxylic acids is 1. The largest absolute Gasteiger partial charge is 0.478 e. The zero-order chi connectivity index (χ0) is 12.4. The smallest absolute Gasteiger partial charge is 0.340 e. The third-order valence-electron chi connectivity index (χ3n) is 2.25. The lowest BCUT2D eigenvalue weighted by Gasteiger charge is -2.03. The van der Waals surface area contributed by atoms with Crippen molar-refractivity contribution in [3.05, 3.63) is 51.8 Å². The normalized spacial score (nSPS) is 10.5. The maximum Gasteiger partial charge on any atom is 0.340 e. The highest BCUT2D eigenvalue weighted by atomic mass is 35.5. The van der Waals surface area contributed by atoms with E-state index in [1.165, 1.54) is 10.9 Å². The van der Waals surface area contributed by atoms with Crippen LogP contribution in [0.3, 0.4) is 0 Å². The Morgan fingerprint density at radius 3 is 2.47 bits per heavy atom. The molecule has 6 heteroatoms. The van der Waals surface area contributed by atoms with Crippen molar-refractivity contribution in [3.63, 3.8) is 0 Å². The fourth-order valence-electron chi connectivity index (χ4n) is 1.39. The summed E-state index contributed by atoms with van der Waals surface area (Å²) in [5.74, 6) is -1.09. The minimum atomic E-state index is -1.09. The molecule has 4 nitrogen and oxygen atoms in total. The molecule has 17 heavy (non-hydrogen) atoms. The summed E-state index contributed by atoms with van der Waals surface area (Å²) in [4.78, 5) is 10.8. The number of aromatic carboxylic acids is 1. The van der Waals surface area contributed by atoms with Gasteiger partial charge in [-0.3, -0.25) is 0 Å². The topological polar surface area (TPSA) is 55.1 Å². The first-order valence-corrected chi connectivity index (χ1v) is 5.52. The fraction of sp³-hybridized carbons (Fsp3) is 0.0909. The van der Waals surface area contributed by atoms with Crippen molar-refractivity contribution < 1.29 is 9.90 Å². The van der Waals surface area contributed by atoms with Crippen LogP contribution in [0.5, 0.6) is 0 Å². The molecule has 2 aromatic rings. The molecule has 2 rings (SSSR count). The number of benzene rings is 1. The lowest BCUT2D eigenvalue weighted by Crippen LogP contribution is -2.02. The molecule has 1 N–H and O–H groups in total. The second kappa shape index (κ2) is 4.77. The molecule has 0 aliphatic heterocycles. The van der Waals surface area contributed by atoms with E-state index in [4.69, 9.17) is 28.3 Å². The lowest BCUT2D eigenvalue weighted by molar-refractivity contribution is 0.0697. The summed E-state index contributed by atoms with van der Waals surface area (Å²) in [6, 6.07) is 7.18. The molecule has 0 aliphatic carbocycles. The van der Waals surface area contributed by atoms with Crippen molar-refractivity contribution in [1.29, 1.82) is 0 Å². The molecule has 0 saturated carbocycles. The summed E-state index contributed by atoms with van der Waals surface area (Å²) in [7, 11) is 0. The Bertz CT molecular complexity index is 549. The highest BCUT2D eigenvalue weighted by molar-refractivity contribution is 6.32. The first-order chi connectivity index (χ1) is 8.08. The van der Waals surface area contributed by atoms with Gasteiger partial charge >= 0.3 is 5.97 Å². The van der Waals surface area contributed by atoms with Crippen LogP contribution >= 0.6 is 23.2 Å². The predicted molar refractivity (Wildman–Crippen MR) is 64.8 cm³/mol. The van der Waals surface area contributed by atoms with Gasteiger partial charge in [0.15, 0.2) is 0 Å². The van der Waals surface area contributed by atoms with Crippen LogP contribution in [0.2, 0.25) is 10.2 Å². The molecule has 0 saturated heterocycles. The van der Waals surface area contributed by atoms with Gasteiger partial charge in [0.1, 0.15) is 10.7 Å². The van der Waals surface area contributed by atoms with E-state index in [-0.39, 0.29) is 10.7 Å². The number of halogens is 2. The van der Waals surface area contributed by atoms with E-state index in [0.717, 1.165) is 5.56 Å². The Kier molecular flexibility index (Phi) is 3.36. The van der Waals surface area contributed by atoms with Crippen molar-refractivity contribution in [1.82, 2.24) is 9.78 Å². The standard InChI is InChI=1S/C11H8Cl2N2O2/c12-8-3-1-7(2-4-8)6-15-10(13)9(5-14-15)11(16)17/h1-5H,6H2,(H,16,17). The van der Waals surface area contributed by atoms with E-state index in [2.05, 4.69) is 5.10 Å². The molecule has 0 spiro atoms. The number of aromatic nitrogens is 2. The predicted octanol–water partition coefficient (Wildman–Crippen LogP) is 2.94. The molecule has 0 aliphatic rings. The molecular weight excluding hydrogens is 263 g/mol. The van der Waals surface area contributed by atoms with Gasteiger partial charge in [-0.1, -0.05) is 35.3 Å². The number of hydrogen-bond donors (Lipinski definition) is 1. The van der Waals surface area contributed by atoms with E-state index in [1.807, 2.05) is 12.1 Å². The van der Waals surface area contributed by atoms with Crippen LogP contribution < -0.4 is 0 Å². The van der Waals surface area contributed by atoms with Gasteiger partial charge in [-0.05, 0) is 17.7 Å². The SMILES string of the molecule is O=C(O)c1cnn(Cc2ccc(Cl)cc2)c1Cl. The van der Waals surface area contributed by atoms with Gasteiger partial charge in [0.05, 0.1) is 12.7 Å². The zero-order valence-electron chi connectivity index (χ0n) is 8.60. The van der Waals surface area contributed by atoms with Gasteiger partial charge in [0.2, 0.25) is 0 Å². The molecular formula is C11H8Cl2N2O2. The average molecular weight is 271 g/mol. The Morgan fingerprint density at radius 2 is 1.94 bits per heavy atom. The lowest BCUT2D eigenvalue weighted by atomic mass is 10.2. The van der Waals surface area contributed by atoms with Crippen LogP contribution in [-0.2, 0) is 6.54 Å². The van der Waals surface area contributed by atoms with Gasteiger partial charge < -0.3 is 5.11 Å². The summed E-state index contributed by atoms with van der Waals surface area (Å²) >= 11 is 11.7. The van der Waals surface area contributed by atoms with E-state index in [9.17, 15) is 4.79 Å². The molecule has 0 unspecified atom stereocenters. The molecule has 1 heterocycles. The van der Waals surface area contributed by atoms with Crippen molar-refractivity contribution in [2.45, 2.75) is 6.54 Å². The van der Waals surface area contributed by atoms with Crippen LogP contribution in [0.4, 0.5) is 0 Å². The van der Waals surface area contributed by atoms with Crippen LogP contribution in [-0.4, -0.2) is 20.9 Å². The summed E-state index contributed by atoms with van der Waals surface area (Å²) < 4.78 is 1.42. The van der Waals surface area contributed by atoms with Gasteiger partial charge in [-0.2, -0.15) is 5.10 Å². The number of carbonyl (C=O) groups is 1. The Morgan fingerprint density at radius 1 is 1.29 bits per heavy atom. The molecule has 1 aromatic carbocycles. The second-order valence-corrected chi connectivity index (χ2v) is 4.23. The van der Waals surface area contributed by atoms with Gasteiger partial charge in [-0.15, -0.1) is 0 Å². The van der Waals surface area contributed by atoms with Crippen molar-refractivity contribution in [2.75, 3.05) is 0 Å². The van der Waals surface area contributed by atoms with Crippen molar-refractivity contribution in [3.8, 4) is 0 Å². The number of carboxylic acid groups (broad SMARTS) is 1. The van der Waals surface area contributed by atoms with Crippen LogP contribution in [0, 0.1) is 0 Å². The summed E-state index contributed by atoms with van der Waals surface area (Å²) in [5.41, 5.74) is 0.942. The van der Waals surface area contributed by atoms with E-state index in [0.29, 0.717) is 11.6 Å². The van der Waals surface area contributed by atoms with Crippen LogP contribution in [0.25, 0.3) is 0 Å². The van der Waals surface area contributed by atoms with Crippen LogP contribution in [0.15, 0.2) is 30.5 Å². The third kappa shape index (κ3) is 2.60. The third-order valence-corrected chi connectivity index (χ3v) is 2.90. The first kappa shape index (κ1) is 12.0. The van der Waals surface area contributed by atoms with Crippen molar-refractivity contribution in [2.24, 2.45) is 0 Å². The van der Waals surface area contributed by atoms with Gasteiger partial charge in [0.25, 0.3) is 0 Å². The summed E-state index contributed by atoms with van der Waals surface area (Å²) in [6.45, 7) is 0.406. The van der Waals surface area contributed by atoms with Gasteiger partial charge in [-0.25, -0.2) is 9.48 Å². The minimum absolute atomic E-state index is 0.000584. The first-order valence-electron chi connectivity index (χ1n) is 4.77.